The third-order valence-electron chi connectivity index (χ3n) is 3.89. The van der Waals surface area contributed by atoms with Crippen molar-refractivity contribution in [2.75, 3.05) is 31.6 Å². The predicted octanol–water partition coefficient (Wildman–Crippen LogP) is 2.65. The van der Waals surface area contributed by atoms with E-state index in [2.05, 4.69) is 16.9 Å². The Bertz CT molecular complexity index is 483. The smallest absolute Gasteiger partial charge is 0.272 e. The van der Waals surface area contributed by atoms with Gasteiger partial charge < -0.3 is 9.80 Å². The molecule has 0 atom stereocenters. The van der Waals surface area contributed by atoms with E-state index in [1.807, 2.05) is 23.8 Å². The van der Waals surface area contributed by atoms with Crippen LogP contribution in [0.15, 0.2) is 6.07 Å². The van der Waals surface area contributed by atoms with Crippen LogP contribution in [0.25, 0.3) is 0 Å². The first-order valence-corrected chi connectivity index (χ1v) is 7.98. The maximum Gasteiger partial charge on any atom is 0.272 e. The fourth-order valence-corrected chi connectivity index (χ4v) is 2.59. The summed E-state index contributed by atoms with van der Waals surface area (Å²) in [6.45, 7) is 6.70. The molecule has 0 unspecified atom stereocenters. The summed E-state index contributed by atoms with van der Waals surface area (Å²) in [5, 5.41) is 0. The quantitative estimate of drug-likeness (QED) is 0.836. The standard InChI is InChI=1S/C16H26N4O/c1-4-5-9-19(3)16-17-13(2)12-14(18-16)15(21)20-10-7-6-8-11-20/h12H,4-11H2,1-3H3. The zero-order valence-corrected chi connectivity index (χ0v) is 13.4. The minimum absolute atomic E-state index is 0.0466. The van der Waals surface area contributed by atoms with Crippen LogP contribution in [0.1, 0.15) is 55.2 Å². The van der Waals surface area contributed by atoms with Gasteiger partial charge in [-0.2, -0.15) is 0 Å². The summed E-state index contributed by atoms with van der Waals surface area (Å²) in [5.41, 5.74) is 1.38. The number of likely N-dealkylation sites (tertiary alicyclic amines) is 1. The van der Waals surface area contributed by atoms with Crippen LogP contribution in [0.5, 0.6) is 0 Å². The Kier molecular flexibility index (Phi) is 5.53. The molecule has 1 amide bonds. The van der Waals surface area contributed by atoms with Gasteiger partial charge in [-0.1, -0.05) is 13.3 Å². The maximum atomic E-state index is 12.6. The lowest BCUT2D eigenvalue weighted by Crippen LogP contribution is -2.36. The van der Waals surface area contributed by atoms with Crippen molar-refractivity contribution in [2.24, 2.45) is 0 Å². The molecule has 0 radical (unpaired) electrons. The molecule has 5 nitrogen and oxygen atoms in total. The molecule has 21 heavy (non-hydrogen) atoms. The van der Waals surface area contributed by atoms with Crippen molar-refractivity contribution >= 4 is 11.9 Å². The summed E-state index contributed by atoms with van der Waals surface area (Å²) in [6, 6.07) is 1.80. The topological polar surface area (TPSA) is 49.3 Å². The highest BCUT2D eigenvalue weighted by Crippen LogP contribution is 2.15. The van der Waals surface area contributed by atoms with E-state index in [0.29, 0.717) is 11.6 Å². The number of aromatic nitrogens is 2. The summed E-state index contributed by atoms with van der Waals surface area (Å²) in [6.07, 6.45) is 5.65. The number of piperidine rings is 1. The number of hydrogen-bond donors (Lipinski definition) is 0. The van der Waals surface area contributed by atoms with Crippen molar-refractivity contribution in [1.82, 2.24) is 14.9 Å². The predicted molar refractivity (Wildman–Crippen MR) is 84.7 cm³/mol. The molecule has 5 heteroatoms. The van der Waals surface area contributed by atoms with E-state index in [1.165, 1.54) is 6.42 Å². The number of carbonyl (C=O) groups is 1. The Hall–Kier alpha value is -1.65. The molecule has 1 saturated heterocycles. The van der Waals surface area contributed by atoms with Crippen LogP contribution >= 0.6 is 0 Å². The summed E-state index contributed by atoms with van der Waals surface area (Å²) >= 11 is 0. The molecule has 1 aliphatic heterocycles. The van der Waals surface area contributed by atoms with Gasteiger partial charge in [-0.3, -0.25) is 4.79 Å². The average Bonchev–Trinajstić information content (AvgIpc) is 2.52. The minimum Gasteiger partial charge on any atom is -0.344 e. The number of nitrogens with zero attached hydrogens (tertiary/aromatic N) is 4. The summed E-state index contributed by atoms with van der Waals surface area (Å²) in [7, 11) is 1.99. The highest BCUT2D eigenvalue weighted by Gasteiger charge is 2.20. The van der Waals surface area contributed by atoms with Gasteiger partial charge >= 0.3 is 0 Å². The Morgan fingerprint density at radius 2 is 2.00 bits per heavy atom. The van der Waals surface area contributed by atoms with Crippen LogP contribution in [0.3, 0.4) is 0 Å². The molecule has 116 valence electrons. The van der Waals surface area contributed by atoms with Crippen molar-refractivity contribution in [3.63, 3.8) is 0 Å². The van der Waals surface area contributed by atoms with Crippen LogP contribution < -0.4 is 4.90 Å². The van der Waals surface area contributed by atoms with Crippen molar-refractivity contribution in [2.45, 2.75) is 46.0 Å². The largest absolute Gasteiger partial charge is 0.344 e. The van der Waals surface area contributed by atoms with Crippen molar-refractivity contribution in [1.29, 1.82) is 0 Å². The SMILES string of the molecule is CCCCN(C)c1nc(C)cc(C(=O)N2CCCCC2)n1. The number of carbonyl (C=O) groups excluding carboxylic acids is 1. The second-order valence-corrected chi connectivity index (χ2v) is 5.82. The first-order chi connectivity index (χ1) is 10.1. The Labute approximate surface area is 127 Å². The number of hydrogen-bond acceptors (Lipinski definition) is 4. The van der Waals surface area contributed by atoms with Crippen LogP contribution in [0.4, 0.5) is 5.95 Å². The highest BCUT2D eigenvalue weighted by molar-refractivity contribution is 5.92. The number of unbranched alkanes of at least 4 members (excludes halogenated alkanes) is 1. The van der Waals surface area contributed by atoms with Gasteiger partial charge in [-0.25, -0.2) is 9.97 Å². The molecule has 0 aliphatic carbocycles. The lowest BCUT2D eigenvalue weighted by atomic mass is 10.1. The van der Waals surface area contributed by atoms with Gasteiger partial charge in [0.25, 0.3) is 5.91 Å². The number of amides is 1. The number of rotatable bonds is 5. The normalized spacial score (nSPS) is 15.1. The van der Waals surface area contributed by atoms with Crippen molar-refractivity contribution < 1.29 is 4.79 Å². The number of anilines is 1. The first kappa shape index (κ1) is 15.7. The lowest BCUT2D eigenvalue weighted by Gasteiger charge is -2.26. The van der Waals surface area contributed by atoms with E-state index < -0.39 is 0 Å². The second kappa shape index (κ2) is 7.38. The summed E-state index contributed by atoms with van der Waals surface area (Å²) < 4.78 is 0. The van der Waals surface area contributed by atoms with E-state index in [9.17, 15) is 4.79 Å². The van der Waals surface area contributed by atoms with E-state index >= 15 is 0 Å². The van der Waals surface area contributed by atoms with Gasteiger partial charge in [-0.05, 0) is 38.7 Å². The molecule has 0 N–H and O–H groups in total. The van der Waals surface area contributed by atoms with Crippen molar-refractivity contribution in [3.8, 4) is 0 Å². The van der Waals surface area contributed by atoms with E-state index in [4.69, 9.17) is 0 Å². The Balaban J connectivity index is 2.15. The molecule has 1 aliphatic rings. The third-order valence-corrected chi connectivity index (χ3v) is 3.89. The fraction of sp³-hybridized carbons (Fsp3) is 0.688. The molecule has 1 aromatic heterocycles. The minimum atomic E-state index is 0.0466. The summed E-state index contributed by atoms with van der Waals surface area (Å²) in [5.74, 6) is 0.703. The van der Waals surface area contributed by atoms with E-state index in [0.717, 1.165) is 51.0 Å². The summed E-state index contributed by atoms with van der Waals surface area (Å²) in [4.78, 5) is 25.5. The first-order valence-electron chi connectivity index (χ1n) is 7.98. The van der Waals surface area contributed by atoms with Crippen LogP contribution in [-0.2, 0) is 0 Å². The van der Waals surface area contributed by atoms with E-state index in [-0.39, 0.29) is 5.91 Å². The molecular formula is C16H26N4O. The molecule has 0 spiro atoms. The van der Waals surface area contributed by atoms with Gasteiger partial charge in [0.2, 0.25) is 5.95 Å². The lowest BCUT2D eigenvalue weighted by molar-refractivity contribution is 0.0718. The van der Waals surface area contributed by atoms with Gasteiger partial charge in [0.05, 0.1) is 0 Å². The zero-order chi connectivity index (χ0) is 15.2. The van der Waals surface area contributed by atoms with Gasteiger partial charge in [0.1, 0.15) is 5.69 Å². The van der Waals surface area contributed by atoms with Gasteiger partial charge in [-0.15, -0.1) is 0 Å². The fourth-order valence-electron chi connectivity index (χ4n) is 2.59. The monoisotopic (exact) mass is 290 g/mol. The second-order valence-electron chi connectivity index (χ2n) is 5.82. The third kappa shape index (κ3) is 4.16. The molecule has 0 bridgehead atoms. The molecule has 2 heterocycles. The molecule has 1 aromatic rings. The van der Waals surface area contributed by atoms with Gasteiger partial charge in [0, 0.05) is 32.4 Å². The Morgan fingerprint density at radius 1 is 1.29 bits per heavy atom. The van der Waals surface area contributed by atoms with Crippen LogP contribution in [0.2, 0.25) is 0 Å². The van der Waals surface area contributed by atoms with E-state index in [1.54, 1.807) is 6.07 Å². The molecular weight excluding hydrogens is 264 g/mol. The van der Waals surface area contributed by atoms with Crippen LogP contribution in [0, 0.1) is 6.92 Å². The number of aryl methyl sites for hydroxylation is 1. The van der Waals surface area contributed by atoms with Crippen LogP contribution in [-0.4, -0.2) is 47.5 Å². The van der Waals surface area contributed by atoms with Gasteiger partial charge in [0.15, 0.2) is 0 Å². The zero-order valence-electron chi connectivity index (χ0n) is 13.4. The molecule has 0 saturated carbocycles. The van der Waals surface area contributed by atoms with Crippen molar-refractivity contribution in [3.05, 3.63) is 17.5 Å². The molecule has 1 fully saturated rings. The maximum absolute atomic E-state index is 12.6. The highest BCUT2D eigenvalue weighted by atomic mass is 16.2. The average molecular weight is 290 g/mol. The molecule has 0 aromatic carbocycles. The molecule has 2 rings (SSSR count). The Morgan fingerprint density at radius 3 is 2.67 bits per heavy atom.